The van der Waals surface area contributed by atoms with Crippen molar-refractivity contribution in [2.24, 2.45) is 0 Å². The third kappa shape index (κ3) is 4.22. The highest BCUT2D eigenvalue weighted by Gasteiger charge is 2.04. The van der Waals surface area contributed by atoms with Crippen molar-refractivity contribution >= 4 is 23.4 Å². The molecule has 6 nitrogen and oxygen atoms in total. The second-order valence-electron chi connectivity index (χ2n) is 3.08. The number of carbonyl (C=O) groups excluding carboxylic acids is 2. The van der Waals surface area contributed by atoms with Crippen LogP contribution < -0.4 is 10.6 Å². The minimum Gasteiger partial charge on any atom is -0.453 e. The van der Waals surface area contributed by atoms with E-state index in [1.807, 2.05) is 0 Å². The maximum absolute atomic E-state index is 11.2. The Hall–Kier alpha value is -2.55. The van der Waals surface area contributed by atoms with Crippen LogP contribution >= 0.6 is 0 Å². The van der Waals surface area contributed by atoms with Crippen molar-refractivity contribution < 1.29 is 14.3 Å². The molecule has 0 unspecified atom stereocenters. The lowest BCUT2D eigenvalue weighted by atomic mass is 10.2. The van der Waals surface area contributed by atoms with E-state index < -0.39 is 12.0 Å². The zero-order valence-electron chi connectivity index (χ0n) is 9.19. The molecule has 0 aliphatic rings. The molecule has 1 rings (SSSR count). The fourth-order valence-corrected chi connectivity index (χ4v) is 1.12. The SMILES string of the molecule is COC(=O)Nc1cccc(NC(=O)CC#N)c1. The molecule has 0 aliphatic carbocycles. The van der Waals surface area contributed by atoms with Gasteiger partial charge in [0.25, 0.3) is 0 Å². The van der Waals surface area contributed by atoms with Crippen molar-refractivity contribution in [2.75, 3.05) is 17.7 Å². The third-order valence-corrected chi connectivity index (χ3v) is 1.82. The van der Waals surface area contributed by atoms with E-state index in [0.29, 0.717) is 11.4 Å². The molecule has 6 heteroatoms. The third-order valence-electron chi connectivity index (χ3n) is 1.82. The molecule has 0 spiro atoms. The van der Waals surface area contributed by atoms with Crippen molar-refractivity contribution in [3.63, 3.8) is 0 Å². The molecule has 0 atom stereocenters. The normalized spacial score (nSPS) is 8.94. The van der Waals surface area contributed by atoms with Gasteiger partial charge < -0.3 is 10.1 Å². The first-order chi connectivity index (χ1) is 8.15. The molecule has 0 radical (unpaired) electrons. The Morgan fingerprint density at radius 1 is 1.35 bits per heavy atom. The van der Waals surface area contributed by atoms with Gasteiger partial charge >= 0.3 is 6.09 Å². The molecule has 0 fully saturated rings. The first kappa shape index (κ1) is 12.5. The van der Waals surface area contributed by atoms with E-state index in [-0.39, 0.29) is 6.42 Å². The van der Waals surface area contributed by atoms with Gasteiger partial charge in [-0.3, -0.25) is 10.1 Å². The van der Waals surface area contributed by atoms with E-state index in [1.165, 1.54) is 7.11 Å². The van der Waals surface area contributed by atoms with Gasteiger partial charge in [0.05, 0.1) is 13.2 Å². The lowest BCUT2D eigenvalue weighted by molar-refractivity contribution is -0.115. The summed E-state index contributed by atoms with van der Waals surface area (Å²) in [5, 5.41) is 13.3. The average molecular weight is 233 g/mol. The molecular weight excluding hydrogens is 222 g/mol. The second-order valence-corrected chi connectivity index (χ2v) is 3.08. The Bertz CT molecular complexity index is 465. The quantitative estimate of drug-likeness (QED) is 0.831. The lowest BCUT2D eigenvalue weighted by Crippen LogP contribution is -2.12. The highest BCUT2D eigenvalue weighted by atomic mass is 16.5. The van der Waals surface area contributed by atoms with Crippen LogP contribution in [0.3, 0.4) is 0 Å². The standard InChI is InChI=1S/C11H11N3O3/c1-17-11(16)14-9-4-2-3-8(7-9)13-10(15)5-6-12/h2-4,7H,5H2,1H3,(H,13,15)(H,14,16). The van der Waals surface area contributed by atoms with Crippen LogP contribution in [-0.4, -0.2) is 19.1 Å². The van der Waals surface area contributed by atoms with Crippen LogP contribution in [0.5, 0.6) is 0 Å². The summed E-state index contributed by atoms with van der Waals surface area (Å²) in [6.07, 6.45) is -0.806. The molecule has 2 N–H and O–H groups in total. The lowest BCUT2D eigenvalue weighted by Gasteiger charge is -2.06. The summed E-state index contributed by atoms with van der Waals surface area (Å²) < 4.78 is 4.43. The van der Waals surface area contributed by atoms with Gasteiger partial charge in [0, 0.05) is 11.4 Å². The number of nitrogens with one attached hydrogen (secondary N) is 2. The van der Waals surface area contributed by atoms with Gasteiger partial charge in [-0.15, -0.1) is 0 Å². The van der Waals surface area contributed by atoms with E-state index in [9.17, 15) is 9.59 Å². The molecule has 88 valence electrons. The van der Waals surface area contributed by atoms with E-state index in [0.717, 1.165) is 0 Å². The molecule has 2 amide bonds. The highest BCUT2D eigenvalue weighted by molar-refractivity contribution is 5.93. The first-order valence-corrected chi connectivity index (χ1v) is 4.77. The number of amides is 2. The average Bonchev–Trinajstić information content (AvgIpc) is 2.29. The van der Waals surface area contributed by atoms with Crippen LogP contribution in [0.2, 0.25) is 0 Å². The number of methoxy groups -OCH3 is 1. The Labute approximate surface area is 98.2 Å². The first-order valence-electron chi connectivity index (χ1n) is 4.77. The predicted molar refractivity (Wildman–Crippen MR) is 61.3 cm³/mol. The Morgan fingerprint density at radius 2 is 2.00 bits per heavy atom. The number of rotatable bonds is 3. The number of ether oxygens (including phenoxy) is 1. The maximum Gasteiger partial charge on any atom is 0.411 e. The topological polar surface area (TPSA) is 91.2 Å². The number of benzene rings is 1. The highest BCUT2D eigenvalue weighted by Crippen LogP contribution is 2.15. The van der Waals surface area contributed by atoms with Gasteiger partial charge in [-0.25, -0.2) is 4.79 Å². The fraction of sp³-hybridized carbons (Fsp3) is 0.182. The molecule has 0 aliphatic heterocycles. The van der Waals surface area contributed by atoms with Gasteiger partial charge in [0.2, 0.25) is 5.91 Å². The Kier molecular flexibility index (Phi) is 4.51. The van der Waals surface area contributed by atoms with Crippen molar-refractivity contribution in [3.05, 3.63) is 24.3 Å². The number of anilines is 2. The van der Waals surface area contributed by atoms with Crippen LogP contribution in [0.1, 0.15) is 6.42 Å². The van der Waals surface area contributed by atoms with Crippen molar-refractivity contribution in [1.82, 2.24) is 0 Å². The summed E-state index contributed by atoms with van der Waals surface area (Å²) in [4.78, 5) is 22.1. The summed E-state index contributed by atoms with van der Waals surface area (Å²) in [7, 11) is 1.26. The zero-order chi connectivity index (χ0) is 12.7. The van der Waals surface area contributed by atoms with E-state index in [1.54, 1.807) is 30.3 Å². The van der Waals surface area contributed by atoms with Gasteiger partial charge in [-0.1, -0.05) is 6.07 Å². The number of nitriles is 1. The van der Waals surface area contributed by atoms with Crippen molar-refractivity contribution in [1.29, 1.82) is 5.26 Å². The molecular formula is C11H11N3O3. The minimum absolute atomic E-state index is 0.214. The molecule has 0 heterocycles. The minimum atomic E-state index is -0.592. The summed E-state index contributed by atoms with van der Waals surface area (Å²) in [6, 6.07) is 8.26. The Balaban J connectivity index is 2.69. The van der Waals surface area contributed by atoms with Crippen molar-refractivity contribution in [3.8, 4) is 6.07 Å². The van der Waals surface area contributed by atoms with E-state index >= 15 is 0 Å². The van der Waals surface area contributed by atoms with E-state index in [2.05, 4.69) is 15.4 Å². The zero-order valence-corrected chi connectivity index (χ0v) is 9.19. The van der Waals surface area contributed by atoms with Gasteiger partial charge in [0.15, 0.2) is 0 Å². The molecule has 0 bridgehead atoms. The maximum atomic E-state index is 11.2. The molecule has 1 aromatic carbocycles. The summed E-state index contributed by atoms with van der Waals surface area (Å²) in [6.45, 7) is 0. The molecule has 0 aromatic heterocycles. The summed E-state index contributed by atoms with van der Waals surface area (Å²) >= 11 is 0. The van der Waals surface area contributed by atoms with Crippen LogP contribution in [-0.2, 0) is 9.53 Å². The van der Waals surface area contributed by atoms with Crippen LogP contribution in [0.4, 0.5) is 16.2 Å². The number of nitrogens with zero attached hydrogens (tertiary/aromatic N) is 1. The monoisotopic (exact) mass is 233 g/mol. The van der Waals surface area contributed by atoms with Crippen LogP contribution in [0, 0.1) is 11.3 Å². The van der Waals surface area contributed by atoms with E-state index in [4.69, 9.17) is 5.26 Å². The number of carbonyl (C=O) groups is 2. The number of hydrogen-bond acceptors (Lipinski definition) is 4. The summed E-state index contributed by atoms with van der Waals surface area (Å²) in [5.74, 6) is -0.400. The van der Waals surface area contributed by atoms with Gasteiger partial charge in [0.1, 0.15) is 6.42 Å². The second kappa shape index (κ2) is 6.12. The van der Waals surface area contributed by atoms with Gasteiger partial charge in [-0.05, 0) is 18.2 Å². The molecule has 17 heavy (non-hydrogen) atoms. The van der Waals surface area contributed by atoms with Crippen molar-refractivity contribution in [2.45, 2.75) is 6.42 Å². The predicted octanol–water partition coefficient (Wildman–Crippen LogP) is 1.72. The molecule has 1 aromatic rings. The largest absolute Gasteiger partial charge is 0.453 e. The van der Waals surface area contributed by atoms with Crippen LogP contribution in [0.15, 0.2) is 24.3 Å². The van der Waals surface area contributed by atoms with Crippen LogP contribution in [0.25, 0.3) is 0 Å². The smallest absolute Gasteiger partial charge is 0.411 e. The number of hydrogen-bond donors (Lipinski definition) is 2. The molecule has 0 saturated carbocycles. The molecule has 0 saturated heterocycles. The van der Waals surface area contributed by atoms with Gasteiger partial charge in [-0.2, -0.15) is 5.26 Å². The summed E-state index contributed by atoms with van der Waals surface area (Å²) in [5.41, 5.74) is 0.991. The Morgan fingerprint density at radius 3 is 2.59 bits per heavy atom. The fourth-order valence-electron chi connectivity index (χ4n) is 1.12.